The van der Waals surface area contributed by atoms with Crippen LogP contribution >= 0.6 is 10.2 Å². The fraction of sp³-hybridized carbons (Fsp3) is 0.118. The second kappa shape index (κ2) is 5.88. The van der Waals surface area contributed by atoms with E-state index in [1.54, 1.807) is 18.2 Å². The maximum atomic E-state index is 12.7. The zero-order chi connectivity index (χ0) is 19.8. The van der Waals surface area contributed by atoms with Crippen molar-refractivity contribution in [1.29, 1.82) is 0 Å². The SMILES string of the molecule is O=C(/C=C/c1ccc(S(F)(F)(F)(F)F)cc1)Nc1ccc2c(c1)OCCO2. The molecule has 2 aromatic rings. The Hall–Kier alpha value is -2.75. The molecule has 0 saturated carbocycles. The van der Waals surface area contributed by atoms with Crippen LogP contribution in [-0.4, -0.2) is 19.1 Å². The summed E-state index contributed by atoms with van der Waals surface area (Å²) in [6.07, 6.45) is 2.29. The molecule has 1 aliphatic rings. The van der Waals surface area contributed by atoms with Crippen LogP contribution in [0.1, 0.15) is 5.56 Å². The molecular weight excluding hydrogens is 393 g/mol. The lowest BCUT2D eigenvalue weighted by molar-refractivity contribution is -0.111. The number of amides is 1. The molecule has 0 atom stereocenters. The molecule has 146 valence electrons. The number of carbonyl (C=O) groups is 1. The van der Waals surface area contributed by atoms with Crippen LogP contribution < -0.4 is 14.8 Å². The summed E-state index contributed by atoms with van der Waals surface area (Å²) >= 11 is 0. The molecule has 0 aliphatic carbocycles. The molecule has 1 aliphatic heterocycles. The first kappa shape index (κ1) is 19.0. The summed E-state index contributed by atoms with van der Waals surface area (Å²) in [7, 11) is -9.70. The van der Waals surface area contributed by atoms with Crippen LogP contribution in [0.4, 0.5) is 25.1 Å². The fourth-order valence-corrected chi connectivity index (χ4v) is 2.96. The maximum absolute atomic E-state index is 12.7. The second-order valence-electron chi connectivity index (χ2n) is 5.72. The maximum Gasteiger partial charge on any atom is 0.310 e. The summed E-state index contributed by atoms with van der Waals surface area (Å²) in [6.45, 7) is 0.821. The summed E-state index contributed by atoms with van der Waals surface area (Å²) in [5, 5.41) is 2.55. The highest BCUT2D eigenvalue weighted by Crippen LogP contribution is 3.02. The largest absolute Gasteiger partial charge is 0.486 e. The number of fused-ring (bicyclic) bond motifs is 1. The molecule has 1 N–H and O–H groups in total. The number of benzene rings is 2. The molecule has 27 heavy (non-hydrogen) atoms. The third kappa shape index (κ3) is 4.91. The van der Waals surface area contributed by atoms with Gasteiger partial charge in [0.25, 0.3) is 0 Å². The Morgan fingerprint density at radius 2 is 1.56 bits per heavy atom. The monoisotopic (exact) mass is 407 g/mol. The zero-order valence-corrected chi connectivity index (χ0v) is 14.4. The van der Waals surface area contributed by atoms with Crippen LogP contribution in [0, 0.1) is 0 Å². The van der Waals surface area contributed by atoms with Crippen molar-refractivity contribution in [2.45, 2.75) is 4.90 Å². The van der Waals surface area contributed by atoms with Crippen molar-refractivity contribution < 1.29 is 33.7 Å². The lowest BCUT2D eigenvalue weighted by Crippen LogP contribution is -2.16. The van der Waals surface area contributed by atoms with Crippen molar-refractivity contribution in [1.82, 2.24) is 0 Å². The first-order valence-electron chi connectivity index (χ1n) is 7.64. The first-order valence-corrected chi connectivity index (χ1v) is 9.59. The van der Waals surface area contributed by atoms with Gasteiger partial charge in [0.15, 0.2) is 11.5 Å². The van der Waals surface area contributed by atoms with Crippen LogP contribution in [-0.2, 0) is 4.79 Å². The predicted molar refractivity (Wildman–Crippen MR) is 92.9 cm³/mol. The smallest absolute Gasteiger partial charge is 0.310 e. The van der Waals surface area contributed by atoms with Crippen LogP contribution in [0.2, 0.25) is 0 Å². The minimum absolute atomic E-state index is 0.165. The standard InChI is InChI=1S/C17H14F5NO3S/c18-27(19,20,21,22)14-5-1-12(2-6-14)3-8-17(24)23-13-4-7-15-16(11-13)26-10-9-25-15/h1-8,11H,9-10H2,(H,23,24)/b8-3+. The molecule has 0 fully saturated rings. The van der Waals surface area contributed by atoms with Gasteiger partial charge in [0, 0.05) is 17.8 Å². The van der Waals surface area contributed by atoms with Gasteiger partial charge >= 0.3 is 10.2 Å². The first-order chi connectivity index (χ1) is 12.4. The minimum Gasteiger partial charge on any atom is -0.486 e. The molecule has 1 amide bonds. The van der Waals surface area contributed by atoms with E-state index in [1.807, 2.05) is 0 Å². The minimum atomic E-state index is -9.70. The van der Waals surface area contributed by atoms with Crippen molar-refractivity contribution in [3.05, 3.63) is 54.1 Å². The molecule has 0 unspecified atom stereocenters. The highest BCUT2D eigenvalue weighted by atomic mass is 32.5. The van der Waals surface area contributed by atoms with E-state index < -0.39 is 21.0 Å². The molecule has 0 radical (unpaired) electrons. The zero-order valence-electron chi connectivity index (χ0n) is 13.6. The molecule has 10 heteroatoms. The second-order valence-corrected chi connectivity index (χ2v) is 8.13. The Bertz CT molecular complexity index is 911. The number of rotatable bonds is 4. The van der Waals surface area contributed by atoms with E-state index >= 15 is 0 Å². The van der Waals surface area contributed by atoms with Gasteiger partial charge in [-0.3, -0.25) is 4.79 Å². The third-order valence-electron chi connectivity index (χ3n) is 3.56. The normalized spacial score (nSPS) is 16.5. The number of carbonyl (C=O) groups excluding carboxylic acids is 1. The molecule has 1 heterocycles. The van der Waals surface area contributed by atoms with Gasteiger partial charge in [-0.1, -0.05) is 31.6 Å². The summed E-state index contributed by atoms with van der Waals surface area (Å²) in [4.78, 5) is 9.94. The van der Waals surface area contributed by atoms with Gasteiger partial charge in [0.05, 0.1) is 0 Å². The predicted octanol–water partition coefficient (Wildman–Crippen LogP) is 5.77. The third-order valence-corrected chi connectivity index (χ3v) is 4.73. The van der Waals surface area contributed by atoms with Gasteiger partial charge in [-0.2, -0.15) is 0 Å². The van der Waals surface area contributed by atoms with E-state index in [0.29, 0.717) is 42.5 Å². The van der Waals surface area contributed by atoms with Crippen molar-refractivity contribution >= 4 is 27.9 Å². The van der Waals surface area contributed by atoms with Crippen molar-refractivity contribution in [3.8, 4) is 11.5 Å². The van der Waals surface area contributed by atoms with Gasteiger partial charge in [0.1, 0.15) is 18.1 Å². The molecule has 0 bridgehead atoms. The Kier molecular flexibility index (Phi) is 4.14. The quantitative estimate of drug-likeness (QED) is 0.517. The Morgan fingerprint density at radius 1 is 0.926 bits per heavy atom. The van der Waals surface area contributed by atoms with E-state index in [9.17, 15) is 24.2 Å². The van der Waals surface area contributed by atoms with Gasteiger partial charge < -0.3 is 14.8 Å². The number of ether oxygens (including phenoxy) is 2. The van der Waals surface area contributed by atoms with Gasteiger partial charge in [-0.05, 0) is 35.9 Å². The van der Waals surface area contributed by atoms with Gasteiger partial charge in [-0.25, -0.2) is 0 Å². The molecule has 3 rings (SSSR count). The molecule has 2 aromatic carbocycles. The van der Waals surface area contributed by atoms with Crippen LogP contribution in [0.3, 0.4) is 0 Å². The van der Waals surface area contributed by atoms with Crippen LogP contribution in [0.5, 0.6) is 11.5 Å². The molecular formula is C17H14F5NO3S. The Balaban J connectivity index is 1.67. The Morgan fingerprint density at radius 3 is 2.19 bits per heavy atom. The van der Waals surface area contributed by atoms with Crippen LogP contribution in [0.25, 0.3) is 6.08 Å². The van der Waals surface area contributed by atoms with E-state index in [2.05, 4.69) is 5.32 Å². The summed E-state index contributed by atoms with van der Waals surface area (Å²) < 4.78 is 74.0. The lowest BCUT2D eigenvalue weighted by atomic mass is 10.2. The van der Waals surface area contributed by atoms with E-state index in [1.165, 1.54) is 6.08 Å². The van der Waals surface area contributed by atoms with E-state index in [4.69, 9.17) is 9.47 Å². The topological polar surface area (TPSA) is 47.6 Å². The number of hydrogen-bond donors (Lipinski definition) is 1. The molecule has 0 spiro atoms. The molecule has 4 nitrogen and oxygen atoms in total. The van der Waals surface area contributed by atoms with Crippen molar-refractivity contribution in [2.24, 2.45) is 0 Å². The number of anilines is 1. The van der Waals surface area contributed by atoms with E-state index in [0.717, 1.165) is 18.2 Å². The van der Waals surface area contributed by atoms with Crippen molar-refractivity contribution in [2.75, 3.05) is 18.5 Å². The lowest BCUT2D eigenvalue weighted by Gasteiger charge is -2.40. The van der Waals surface area contributed by atoms with Gasteiger partial charge in [-0.15, -0.1) is 0 Å². The van der Waals surface area contributed by atoms with E-state index in [-0.39, 0.29) is 5.56 Å². The average molecular weight is 407 g/mol. The summed E-state index contributed by atoms with van der Waals surface area (Å²) in [5.41, 5.74) is 0.600. The van der Waals surface area contributed by atoms with Crippen molar-refractivity contribution in [3.63, 3.8) is 0 Å². The average Bonchev–Trinajstić information content (AvgIpc) is 2.58. The number of hydrogen-bond acceptors (Lipinski definition) is 3. The Labute approximate surface area is 151 Å². The highest BCUT2D eigenvalue weighted by Gasteiger charge is 2.65. The molecule has 0 saturated heterocycles. The summed E-state index contributed by atoms with van der Waals surface area (Å²) in [6, 6.07) is 7.11. The van der Waals surface area contributed by atoms with Gasteiger partial charge in [0.2, 0.25) is 5.91 Å². The summed E-state index contributed by atoms with van der Waals surface area (Å²) in [5.74, 6) is 0.483. The fourth-order valence-electron chi connectivity index (χ4n) is 2.31. The highest BCUT2D eigenvalue weighted by molar-refractivity contribution is 8.45. The number of halogens is 5. The number of nitrogens with one attached hydrogen (secondary N) is 1. The van der Waals surface area contributed by atoms with Crippen LogP contribution in [0.15, 0.2) is 53.4 Å². The molecule has 0 aromatic heterocycles.